The maximum atomic E-state index is 12.6. The van der Waals surface area contributed by atoms with E-state index in [0.717, 1.165) is 11.8 Å². The molecule has 0 spiro atoms. The first kappa shape index (κ1) is 14.2. The van der Waals surface area contributed by atoms with Gasteiger partial charge in [0.05, 0.1) is 11.7 Å². The van der Waals surface area contributed by atoms with E-state index in [1.54, 1.807) is 0 Å². The fourth-order valence-corrected chi connectivity index (χ4v) is 2.64. The molecule has 2 heterocycles. The molecule has 0 aliphatic carbocycles. The van der Waals surface area contributed by atoms with Gasteiger partial charge in [0.1, 0.15) is 6.33 Å². The standard InChI is InChI=1S/C10H13F3N4OS/c11-10(12,13)7-2-1-3-17(4-7)8(18)5-19-9-14-6-15-16-9/h6-7H,1-5H2,(H,14,15,16). The highest BCUT2D eigenvalue weighted by molar-refractivity contribution is 7.99. The van der Waals surface area contributed by atoms with E-state index >= 15 is 0 Å². The number of amides is 1. The summed E-state index contributed by atoms with van der Waals surface area (Å²) < 4.78 is 37.9. The Morgan fingerprint density at radius 1 is 1.58 bits per heavy atom. The van der Waals surface area contributed by atoms with Crippen molar-refractivity contribution in [3.63, 3.8) is 0 Å². The van der Waals surface area contributed by atoms with E-state index in [2.05, 4.69) is 15.2 Å². The Balaban J connectivity index is 1.85. The number of aromatic nitrogens is 3. The molecule has 1 aromatic rings. The number of likely N-dealkylation sites (tertiary alicyclic amines) is 1. The van der Waals surface area contributed by atoms with E-state index in [1.807, 2.05) is 0 Å². The highest BCUT2D eigenvalue weighted by atomic mass is 32.2. The lowest BCUT2D eigenvalue weighted by Gasteiger charge is -2.33. The van der Waals surface area contributed by atoms with Gasteiger partial charge >= 0.3 is 6.18 Å². The SMILES string of the molecule is O=C(CSc1ncn[nH]1)N1CCCC(C(F)(F)F)C1. The van der Waals surface area contributed by atoms with Gasteiger partial charge in [-0.25, -0.2) is 4.98 Å². The first-order valence-corrected chi connectivity index (χ1v) is 6.78. The van der Waals surface area contributed by atoms with Crippen molar-refractivity contribution in [3.8, 4) is 0 Å². The summed E-state index contributed by atoms with van der Waals surface area (Å²) in [6.45, 7) is 0.154. The Hall–Kier alpha value is -1.25. The van der Waals surface area contributed by atoms with Crippen molar-refractivity contribution in [2.24, 2.45) is 5.92 Å². The fourth-order valence-electron chi connectivity index (χ4n) is 1.96. The molecule has 106 valence electrons. The lowest BCUT2D eigenvalue weighted by molar-refractivity contribution is -0.187. The summed E-state index contributed by atoms with van der Waals surface area (Å²) in [7, 11) is 0. The van der Waals surface area contributed by atoms with Crippen LogP contribution in [0.3, 0.4) is 0 Å². The van der Waals surface area contributed by atoms with Crippen molar-refractivity contribution in [2.45, 2.75) is 24.2 Å². The van der Waals surface area contributed by atoms with E-state index in [0.29, 0.717) is 18.1 Å². The third kappa shape index (κ3) is 3.85. The summed E-state index contributed by atoms with van der Waals surface area (Å²) in [5.74, 6) is -1.63. The topological polar surface area (TPSA) is 61.9 Å². The largest absolute Gasteiger partial charge is 0.393 e. The molecule has 1 aliphatic heterocycles. The molecule has 1 aromatic heterocycles. The van der Waals surface area contributed by atoms with E-state index in [9.17, 15) is 18.0 Å². The van der Waals surface area contributed by atoms with Crippen molar-refractivity contribution < 1.29 is 18.0 Å². The van der Waals surface area contributed by atoms with E-state index in [4.69, 9.17) is 0 Å². The zero-order chi connectivity index (χ0) is 13.9. The summed E-state index contributed by atoms with van der Waals surface area (Å²) in [6, 6.07) is 0. The fraction of sp³-hybridized carbons (Fsp3) is 0.700. The minimum atomic E-state index is -4.23. The number of rotatable bonds is 3. The van der Waals surface area contributed by atoms with Gasteiger partial charge in [-0.3, -0.25) is 9.89 Å². The van der Waals surface area contributed by atoms with Crippen LogP contribution >= 0.6 is 11.8 Å². The van der Waals surface area contributed by atoms with Crippen LogP contribution in [0, 0.1) is 5.92 Å². The number of nitrogens with one attached hydrogen (secondary N) is 1. The van der Waals surface area contributed by atoms with Crippen molar-refractivity contribution in [3.05, 3.63) is 6.33 Å². The molecule has 1 fully saturated rings. The number of hydrogen-bond acceptors (Lipinski definition) is 4. The zero-order valence-corrected chi connectivity index (χ0v) is 10.8. The molecular formula is C10H13F3N4OS. The number of H-pyrrole nitrogens is 1. The molecule has 0 saturated carbocycles. The van der Waals surface area contributed by atoms with Crippen LogP contribution in [0.15, 0.2) is 11.5 Å². The molecule has 2 rings (SSSR count). The van der Waals surface area contributed by atoms with Crippen LogP contribution in [0.4, 0.5) is 13.2 Å². The minimum Gasteiger partial charge on any atom is -0.341 e. The maximum Gasteiger partial charge on any atom is 0.393 e. The number of carbonyl (C=O) groups is 1. The van der Waals surface area contributed by atoms with Gasteiger partial charge in [0, 0.05) is 13.1 Å². The number of hydrogen-bond donors (Lipinski definition) is 1. The summed E-state index contributed by atoms with van der Waals surface area (Å²) in [5, 5.41) is 6.69. The average Bonchev–Trinajstić information content (AvgIpc) is 2.88. The highest BCUT2D eigenvalue weighted by Crippen LogP contribution is 2.33. The first-order valence-electron chi connectivity index (χ1n) is 5.79. The minimum absolute atomic E-state index is 0.0692. The summed E-state index contributed by atoms with van der Waals surface area (Å²) in [4.78, 5) is 17.0. The lowest BCUT2D eigenvalue weighted by atomic mass is 9.97. The quantitative estimate of drug-likeness (QED) is 0.862. The van der Waals surface area contributed by atoms with Crippen LogP contribution in [0.1, 0.15) is 12.8 Å². The van der Waals surface area contributed by atoms with Crippen LogP contribution in [-0.4, -0.2) is 51.0 Å². The molecular weight excluding hydrogens is 281 g/mol. The number of piperidine rings is 1. The molecule has 9 heteroatoms. The van der Waals surface area contributed by atoms with Crippen molar-refractivity contribution >= 4 is 17.7 Å². The molecule has 0 bridgehead atoms. The number of thioether (sulfide) groups is 1. The monoisotopic (exact) mass is 294 g/mol. The van der Waals surface area contributed by atoms with E-state index < -0.39 is 12.1 Å². The molecule has 19 heavy (non-hydrogen) atoms. The van der Waals surface area contributed by atoms with Gasteiger partial charge in [0.2, 0.25) is 5.91 Å². The van der Waals surface area contributed by atoms with Crippen LogP contribution in [0.25, 0.3) is 0 Å². The number of halogens is 3. The number of alkyl halides is 3. The molecule has 0 aromatic carbocycles. The molecule has 0 radical (unpaired) electrons. The van der Waals surface area contributed by atoms with E-state index in [1.165, 1.54) is 11.2 Å². The van der Waals surface area contributed by atoms with Crippen molar-refractivity contribution in [1.29, 1.82) is 0 Å². The Labute approximate surface area is 112 Å². The van der Waals surface area contributed by atoms with Crippen molar-refractivity contribution in [1.82, 2.24) is 20.1 Å². The molecule has 1 aliphatic rings. The lowest BCUT2D eigenvalue weighted by Crippen LogP contribution is -2.45. The number of carbonyl (C=O) groups excluding carboxylic acids is 1. The van der Waals surface area contributed by atoms with Gasteiger partial charge in [-0.2, -0.15) is 18.3 Å². The van der Waals surface area contributed by atoms with Gasteiger partial charge in [-0.15, -0.1) is 0 Å². The predicted octanol–water partition coefficient (Wildman–Crippen LogP) is 1.70. The van der Waals surface area contributed by atoms with Crippen LogP contribution in [0.2, 0.25) is 0 Å². The summed E-state index contributed by atoms with van der Waals surface area (Å²) in [5.41, 5.74) is 0. The Morgan fingerprint density at radius 3 is 3.00 bits per heavy atom. The van der Waals surface area contributed by atoms with Gasteiger partial charge in [-0.1, -0.05) is 11.8 Å². The highest BCUT2D eigenvalue weighted by Gasteiger charge is 2.42. The summed E-state index contributed by atoms with van der Waals surface area (Å²) >= 11 is 1.14. The maximum absolute atomic E-state index is 12.6. The van der Waals surface area contributed by atoms with E-state index in [-0.39, 0.29) is 24.6 Å². The number of aromatic amines is 1. The van der Waals surface area contributed by atoms with Crippen LogP contribution < -0.4 is 0 Å². The second kappa shape index (κ2) is 5.81. The van der Waals surface area contributed by atoms with Gasteiger partial charge < -0.3 is 4.90 Å². The molecule has 5 nitrogen and oxygen atoms in total. The van der Waals surface area contributed by atoms with Crippen molar-refractivity contribution in [2.75, 3.05) is 18.8 Å². The summed E-state index contributed by atoms with van der Waals surface area (Å²) in [6.07, 6.45) is -2.42. The third-order valence-electron chi connectivity index (χ3n) is 2.96. The van der Waals surface area contributed by atoms with Gasteiger partial charge in [0.25, 0.3) is 0 Å². The Kier molecular flexibility index (Phi) is 4.33. The Bertz CT molecular complexity index is 423. The molecule has 1 saturated heterocycles. The first-order chi connectivity index (χ1) is 8.97. The molecule has 1 amide bonds. The third-order valence-corrected chi connectivity index (χ3v) is 3.82. The smallest absolute Gasteiger partial charge is 0.341 e. The van der Waals surface area contributed by atoms with Crippen LogP contribution in [-0.2, 0) is 4.79 Å². The molecule has 1 atom stereocenters. The average molecular weight is 294 g/mol. The van der Waals surface area contributed by atoms with Gasteiger partial charge in [-0.05, 0) is 12.8 Å². The molecule has 1 unspecified atom stereocenters. The normalized spacial score (nSPS) is 20.6. The second-order valence-electron chi connectivity index (χ2n) is 4.30. The zero-order valence-electron chi connectivity index (χ0n) is 9.98. The number of nitrogens with zero attached hydrogens (tertiary/aromatic N) is 3. The second-order valence-corrected chi connectivity index (χ2v) is 5.26. The molecule has 1 N–H and O–H groups in total. The van der Waals surface area contributed by atoms with Gasteiger partial charge in [0.15, 0.2) is 5.16 Å². The van der Waals surface area contributed by atoms with Crippen LogP contribution in [0.5, 0.6) is 0 Å². The predicted molar refractivity (Wildman–Crippen MR) is 62.5 cm³/mol. The Morgan fingerprint density at radius 2 is 2.37 bits per heavy atom.